The van der Waals surface area contributed by atoms with Gasteiger partial charge in [-0.2, -0.15) is 0 Å². The van der Waals surface area contributed by atoms with Crippen molar-refractivity contribution in [3.63, 3.8) is 0 Å². The Labute approximate surface area is 87.6 Å². The zero-order valence-corrected chi connectivity index (χ0v) is 8.73. The highest BCUT2D eigenvalue weighted by atomic mass is 15.2. The number of hydrogen-bond acceptors (Lipinski definition) is 3. The number of imidazole rings is 1. The van der Waals surface area contributed by atoms with Gasteiger partial charge in [-0.15, -0.1) is 0 Å². The van der Waals surface area contributed by atoms with Crippen LogP contribution in [0.2, 0.25) is 0 Å². The maximum absolute atomic E-state index is 7.40. The van der Waals surface area contributed by atoms with E-state index in [1.54, 1.807) is 6.33 Å². The van der Waals surface area contributed by atoms with Gasteiger partial charge in [0.25, 0.3) is 0 Å². The Hall–Kier alpha value is -2.04. The third-order valence-electron chi connectivity index (χ3n) is 2.26. The molecule has 0 unspecified atom stereocenters. The molecule has 3 N–H and O–H groups in total. The lowest BCUT2D eigenvalue weighted by atomic mass is 10.3. The van der Waals surface area contributed by atoms with Crippen molar-refractivity contribution in [1.29, 1.82) is 5.41 Å². The molecule has 0 saturated heterocycles. The molecule has 0 amide bonds. The molecular weight excluding hydrogens is 190 g/mol. The molecular formula is C10H13N5. The SMILES string of the molecule is CN(C)c1cccc2c(C(=N)N)ncn12. The number of amidine groups is 1. The minimum absolute atomic E-state index is 0.00611. The van der Waals surface area contributed by atoms with E-state index in [4.69, 9.17) is 11.1 Å². The standard InChI is InChI=1S/C10H13N5/c1-14(2)8-5-3-4-7-9(10(11)12)13-6-15(7)8/h3-6H,1-2H3,(H3,11,12). The van der Waals surface area contributed by atoms with E-state index in [1.807, 2.05) is 41.6 Å². The van der Waals surface area contributed by atoms with Crippen molar-refractivity contribution >= 4 is 17.2 Å². The van der Waals surface area contributed by atoms with E-state index in [1.165, 1.54) is 0 Å². The lowest BCUT2D eigenvalue weighted by Crippen LogP contribution is -2.14. The molecule has 15 heavy (non-hydrogen) atoms. The fourth-order valence-electron chi connectivity index (χ4n) is 1.58. The number of pyridine rings is 1. The van der Waals surface area contributed by atoms with Gasteiger partial charge in [0.05, 0.1) is 5.52 Å². The number of fused-ring (bicyclic) bond motifs is 1. The average molecular weight is 203 g/mol. The number of nitrogens with two attached hydrogens (primary N) is 1. The van der Waals surface area contributed by atoms with Crippen LogP contribution in [-0.2, 0) is 0 Å². The van der Waals surface area contributed by atoms with Gasteiger partial charge < -0.3 is 10.6 Å². The predicted octanol–water partition coefficient (Wildman–Crippen LogP) is 0.684. The van der Waals surface area contributed by atoms with E-state index in [-0.39, 0.29) is 5.84 Å². The average Bonchev–Trinajstić information content (AvgIpc) is 2.59. The summed E-state index contributed by atoms with van der Waals surface area (Å²) in [5.41, 5.74) is 6.83. The molecule has 2 aromatic heterocycles. The van der Waals surface area contributed by atoms with Gasteiger partial charge in [0, 0.05) is 14.1 Å². The van der Waals surface area contributed by atoms with Gasteiger partial charge in [-0.25, -0.2) is 4.98 Å². The maximum atomic E-state index is 7.40. The smallest absolute Gasteiger partial charge is 0.144 e. The molecule has 78 valence electrons. The van der Waals surface area contributed by atoms with E-state index in [9.17, 15) is 0 Å². The number of hydrogen-bond donors (Lipinski definition) is 2. The monoisotopic (exact) mass is 203 g/mol. The Kier molecular flexibility index (Phi) is 2.07. The summed E-state index contributed by atoms with van der Waals surface area (Å²) < 4.78 is 1.91. The second-order valence-corrected chi connectivity index (χ2v) is 3.54. The van der Waals surface area contributed by atoms with Gasteiger partial charge in [0.2, 0.25) is 0 Å². The summed E-state index contributed by atoms with van der Waals surface area (Å²) in [6.07, 6.45) is 1.68. The number of nitrogens with one attached hydrogen (secondary N) is 1. The second kappa shape index (κ2) is 3.27. The Morgan fingerprint density at radius 1 is 1.47 bits per heavy atom. The molecule has 0 bridgehead atoms. The Bertz CT molecular complexity index is 512. The van der Waals surface area contributed by atoms with Crippen molar-refractivity contribution in [3.8, 4) is 0 Å². The largest absolute Gasteiger partial charge is 0.382 e. The summed E-state index contributed by atoms with van der Waals surface area (Å²) >= 11 is 0. The molecule has 0 radical (unpaired) electrons. The van der Waals surface area contributed by atoms with Gasteiger partial charge >= 0.3 is 0 Å². The van der Waals surface area contributed by atoms with E-state index < -0.39 is 0 Å². The first-order chi connectivity index (χ1) is 7.11. The summed E-state index contributed by atoms with van der Waals surface area (Å²) in [5, 5.41) is 7.40. The van der Waals surface area contributed by atoms with Crippen molar-refractivity contribution in [1.82, 2.24) is 9.38 Å². The zero-order chi connectivity index (χ0) is 11.0. The van der Waals surface area contributed by atoms with Crippen molar-refractivity contribution in [2.45, 2.75) is 0 Å². The highest BCUT2D eigenvalue weighted by Gasteiger charge is 2.09. The minimum atomic E-state index is -0.00611. The third kappa shape index (κ3) is 1.41. The molecule has 0 fully saturated rings. The Morgan fingerprint density at radius 2 is 2.20 bits per heavy atom. The molecule has 2 aromatic rings. The lowest BCUT2D eigenvalue weighted by molar-refractivity contribution is 1.02. The van der Waals surface area contributed by atoms with Gasteiger partial charge in [-0.3, -0.25) is 9.81 Å². The van der Waals surface area contributed by atoms with Gasteiger partial charge in [-0.05, 0) is 12.1 Å². The minimum Gasteiger partial charge on any atom is -0.382 e. The molecule has 0 aliphatic heterocycles. The number of aromatic nitrogens is 2. The van der Waals surface area contributed by atoms with E-state index in [0.29, 0.717) is 5.69 Å². The first kappa shape index (κ1) is 9.51. The van der Waals surface area contributed by atoms with Crippen LogP contribution in [-0.4, -0.2) is 29.3 Å². The molecule has 0 spiro atoms. The van der Waals surface area contributed by atoms with Crippen LogP contribution in [0.1, 0.15) is 5.69 Å². The molecule has 0 aromatic carbocycles. The van der Waals surface area contributed by atoms with Crippen molar-refractivity contribution < 1.29 is 0 Å². The Morgan fingerprint density at radius 3 is 2.80 bits per heavy atom. The quantitative estimate of drug-likeness (QED) is 0.557. The van der Waals surface area contributed by atoms with E-state index in [0.717, 1.165) is 11.3 Å². The molecule has 5 nitrogen and oxygen atoms in total. The molecule has 0 aliphatic carbocycles. The van der Waals surface area contributed by atoms with Crippen LogP contribution in [0.4, 0.5) is 5.82 Å². The highest BCUT2D eigenvalue weighted by molar-refractivity contribution is 5.99. The highest BCUT2D eigenvalue weighted by Crippen LogP contribution is 2.17. The van der Waals surface area contributed by atoms with E-state index >= 15 is 0 Å². The zero-order valence-electron chi connectivity index (χ0n) is 8.73. The fourth-order valence-corrected chi connectivity index (χ4v) is 1.58. The lowest BCUT2D eigenvalue weighted by Gasteiger charge is -2.14. The summed E-state index contributed by atoms with van der Waals surface area (Å²) in [4.78, 5) is 6.11. The number of nitrogen functional groups attached to an aromatic ring is 1. The molecule has 5 heteroatoms. The summed E-state index contributed by atoms with van der Waals surface area (Å²) in [7, 11) is 3.92. The van der Waals surface area contributed by atoms with Crippen molar-refractivity contribution in [2.75, 3.05) is 19.0 Å². The first-order valence-corrected chi connectivity index (χ1v) is 4.59. The number of rotatable bonds is 2. The fraction of sp³-hybridized carbons (Fsp3) is 0.200. The van der Waals surface area contributed by atoms with Crippen LogP contribution in [0.5, 0.6) is 0 Å². The van der Waals surface area contributed by atoms with Crippen molar-refractivity contribution in [3.05, 3.63) is 30.2 Å². The van der Waals surface area contributed by atoms with Gasteiger partial charge in [0.1, 0.15) is 23.7 Å². The predicted molar refractivity (Wildman–Crippen MR) is 60.5 cm³/mol. The topological polar surface area (TPSA) is 70.4 Å². The molecule has 2 rings (SSSR count). The summed E-state index contributed by atoms with van der Waals surface area (Å²) in [5.74, 6) is 1.00. The van der Waals surface area contributed by atoms with E-state index in [2.05, 4.69) is 4.98 Å². The Balaban J connectivity index is 2.74. The van der Waals surface area contributed by atoms with Gasteiger partial charge in [0.15, 0.2) is 0 Å². The molecule has 0 atom stereocenters. The van der Waals surface area contributed by atoms with Crippen LogP contribution in [0.15, 0.2) is 24.5 Å². The maximum Gasteiger partial charge on any atom is 0.144 e. The third-order valence-corrected chi connectivity index (χ3v) is 2.26. The molecule has 0 saturated carbocycles. The molecule has 0 aliphatic rings. The first-order valence-electron chi connectivity index (χ1n) is 4.59. The normalized spacial score (nSPS) is 10.5. The van der Waals surface area contributed by atoms with Crippen LogP contribution in [0.3, 0.4) is 0 Å². The number of anilines is 1. The van der Waals surface area contributed by atoms with Crippen molar-refractivity contribution in [2.24, 2.45) is 5.73 Å². The van der Waals surface area contributed by atoms with Crippen LogP contribution in [0.25, 0.3) is 5.52 Å². The summed E-state index contributed by atoms with van der Waals surface area (Å²) in [6.45, 7) is 0. The molecule has 2 heterocycles. The van der Waals surface area contributed by atoms with Crippen LogP contribution >= 0.6 is 0 Å². The number of nitrogens with zero attached hydrogens (tertiary/aromatic N) is 3. The van der Waals surface area contributed by atoms with Crippen LogP contribution in [0, 0.1) is 5.41 Å². The van der Waals surface area contributed by atoms with Gasteiger partial charge in [-0.1, -0.05) is 6.07 Å². The summed E-state index contributed by atoms with van der Waals surface area (Å²) in [6, 6.07) is 5.81. The van der Waals surface area contributed by atoms with Crippen LogP contribution < -0.4 is 10.6 Å². The second-order valence-electron chi connectivity index (χ2n) is 3.54.